The van der Waals surface area contributed by atoms with Crippen LogP contribution in [0.1, 0.15) is 44.0 Å². The Bertz CT molecular complexity index is 945. The van der Waals surface area contributed by atoms with E-state index in [0.717, 1.165) is 43.2 Å². The minimum Gasteiger partial charge on any atom is -0.371 e. The molecule has 0 unspecified atom stereocenters. The number of rotatable bonds is 10. The van der Waals surface area contributed by atoms with Crippen LogP contribution in [0.2, 0.25) is 0 Å². The predicted octanol–water partition coefficient (Wildman–Crippen LogP) is 6.59. The Hall–Kier alpha value is -2.52. The molecule has 2 aromatic rings. The van der Waals surface area contributed by atoms with E-state index in [1.165, 1.54) is 0 Å². The minimum atomic E-state index is -0.171. The molecule has 0 bridgehead atoms. The summed E-state index contributed by atoms with van der Waals surface area (Å²) in [5.74, 6) is 1.54. The predicted molar refractivity (Wildman–Crippen MR) is 138 cm³/mol. The van der Waals surface area contributed by atoms with Crippen molar-refractivity contribution in [3.8, 4) is 0 Å². The fraction of sp³-hybridized carbons (Fsp3) is 0.391. The first-order valence-electron chi connectivity index (χ1n) is 10.9. The van der Waals surface area contributed by atoms with Crippen molar-refractivity contribution in [2.24, 2.45) is 15.3 Å². The molecule has 1 amide bonds. The van der Waals surface area contributed by atoms with E-state index in [2.05, 4.69) is 46.3 Å². The minimum absolute atomic E-state index is 0.171. The van der Waals surface area contributed by atoms with Gasteiger partial charge in [0.1, 0.15) is 11.6 Å². The number of carbonyl (C=O) groups is 1. The number of nitrogens with one attached hydrogen (secondary N) is 1. The van der Waals surface area contributed by atoms with Crippen LogP contribution >= 0.6 is 23.7 Å². The molecule has 0 fully saturated rings. The van der Waals surface area contributed by atoms with Crippen LogP contribution in [0.15, 0.2) is 63.9 Å². The van der Waals surface area contributed by atoms with E-state index < -0.39 is 0 Å². The molecule has 7 nitrogen and oxygen atoms in total. The summed E-state index contributed by atoms with van der Waals surface area (Å²) in [5.41, 5.74) is 2.91. The van der Waals surface area contributed by atoms with Gasteiger partial charge >= 0.3 is 0 Å². The molecule has 0 atom stereocenters. The maximum Gasteiger partial charge on any atom is 0.255 e. The molecule has 9 heteroatoms. The van der Waals surface area contributed by atoms with Crippen LogP contribution in [0.3, 0.4) is 0 Å². The van der Waals surface area contributed by atoms with Gasteiger partial charge in [-0.25, -0.2) is 4.41 Å². The smallest absolute Gasteiger partial charge is 0.255 e. The van der Waals surface area contributed by atoms with Gasteiger partial charge in [-0.15, -0.1) is 15.3 Å². The number of hydrogen-bond donors (Lipinski definition) is 1. The van der Waals surface area contributed by atoms with Crippen molar-refractivity contribution in [2.75, 3.05) is 34.9 Å². The zero-order chi connectivity index (χ0) is 22.8. The number of hydrazone groups is 1. The van der Waals surface area contributed by atoms with Gasteiger partial charge in [0.05, 0.1) is 5.69 Å². The van der Waals surface area contributed by atoms with Gasteiger partial charge in [0.2, 0.25) is 5.17 Å². The summed E-state index contributed by atoms with van der Waals surface area (Å²) < 4.78 is 1.91. The highest BCUT2D eigenvalue weighted by molar-refractivity contribution is 8.14. The molecule has 0 radical (unpaired) electrons. The molecule has 0 spiro atoms. The second-order valence-corrected chi connectivity index (χ2v) is 9.30. The number of amides is 1. The summed E-state index contributed by atoms with van der Waals surface area (Å²) in [4.78, 5) is 15.2. The van der Waals surface area contributed by atoms with E-state index >= 15 is 0 Å². The van der Waals surface area contributed by atoms with Crippen molar-refractivity contribution < 1.29 is 4.79 Å². The highest BCUT2D eigenvalue weighted by Gasteiger charge is 2.16. The van der Waals surface area contributed by atoms with Gasteiger partial charge in [0.15, 0.2) is 0 Å². The molecule has 32 heavy (non-hydrogen) atoms. The molecule has 0 saturated carbocycles. The van der Waals surface area contributed by atoms with Gasteiger partial charge in [-0.05, 0) is 55.1 Å². The summed E-state index contributed by atoms with van der Waals surface area (Å²) in [6, 6.07) is 15.1. The molecule has 2 aromatic carbocycles. The fourth-order valence-corrected chi connectivity index (χ4v) is 4.71. The maximum absolute atomic E-state index is 12.8. The Morgan fingerprint density at radius 1 is 1.12 bits per heavy atom. The highest BCUT2D eigenvalue weighted by Crippen LogP contribution is 2.32. The molecular formula is C23H30N6OS2. The van der Waals surface area contributed by atoms with Crippen molar-refractivity contribution in [3.63, 3.8) is 0 Å². The van der Waals surface area contributed by atoms with Crippen LogP contribution in [-0.2, 0) is 0 Å². The van der Waals surface area contributed by atoms with Crippen LogP contribution < -0.4 is 10.2 Å². The Morgan fingerprint density at radius 2 is 1.88 bits per heavy atom. The third-order valence-corrected chi connectivity index (χ3v) is 6.36. The van der Waals surface area contributed by atoms with Crippen LogP contribution in [0, 0.1) is 0 Å². The average molecular weight is 471 g/mol. The lowest BCUT2D eigenvalue weighted by Gasteiger charge is -2.24. The van der Waals surface area contributed by atoms with Crippen molar-refractivity contribution >= 4 is 51.8 Å². The normalized spacial score (nSPS) is 13.5. The third-order valence-electron chi connectivity index (χ3n) is 4.64. The number of thioether (sulfide) groups is 1. The topological polar surface area (TPSA) is 72.7 Å². The van der Waals surface area contributed by atoms with E-state index in [-0.39, 0.29) is 5.91 Å². The van der Waals surface area contributed by atoms with Crippen LogP contribution in [0.25, 0.3) is 0 Å². The molecule has 1 aliphatic heterocycles. The molecule has 1 N–H and O–H groups in total. The van der Waals surface area contributed by atoms with Crippen molar-refractivity contribution in [1.29, 1.82) is 0 Å². The quantitative estimate of drug-likeness (QED) is 0.313. The Morgan fingerprint density at radius 3 is 2.56 bits per heavy atom. The van der Waals surface area contributed by atoms with Gasteiger partial charge in [0.25, 0.3) is 5.91 Å². The number of carbonyl (C=O) groups excluding carboxylic acids is 1. The van der Waals surface area contributed by atoms with Gasteiger partial charge in [-0.1, -0.05) is 50.7 Å². The SMILES string of the molecule is CCCN(CCC)c1ccc(N=NC2=NN(SCC)CS2)c(NC(=O)c2ccccc2)c1. The van der Waals surface area contributed by atoms with Crippen LogP contribution in [0.5, 0.6) is 0 Å². The average Bonchev–Trinajstić information content (AvgIpc) is 3.26. The number of azo groups is 1. The molecule has 170 valence electrons. The lowest BCUT2D eigenvalue weighted by molar-refractivity contribution is 0.102. The molecular weight excluding hydrogens is 440 g/mol. The van der Waals surface area contributed by atoms with E-state index in [9.17, 15) is 4.79 Å². The van der Waals surface area contributed by atoms with E-state index in [0.29, 0.717) is 22.1 Å². The monoisotopic (exact) mass is 470 g/mol. The van der Waals surface area contributed by atoms with Crippen LogP contribution in [0.4, 0.5) is 17.1 Å². The first-order chi connectivity index (χ1) is 15.6. The number of benzene rings is 2. The number of amidine groups is 1. The third kappa shape index (κ3) is 6.74. The number of nitrogens with zero attached hydrogens (tertiary/aromatic N) is 5. The fourth-order valence-electron chi connectivity index (χ4n) is 3.23. The van der Waals surface area contributed by atoms with E-state index in [1.807, 2.05) is 40.8 Å². The lowest BCUT2D eigenvalue weighted by atomic mass is 10.1. The summed E-state index contributed by atoms with van der Waals surface area (Å²) in [6.45, 7) is 8.35. The molecule has 0 aromatic heterocycles. The molecule has 0 saturated heterocycles. The zero-order valence-electron chi connectivity index (χ0n) is 18.8. The standard InChI is InChI=1S/C23H30N6OS2/c1-4-14-28(15-5-2)19-12-13-20(25-26-23-27-29(17-31-23)32-6-3)21(16-19)24-22(30)18-10-8-7-9-11-18/h7-13,16H,4-6,14-15,17H2,1-3H3,(H,24,30). The molecule has 0 aliphatic carbocycles. The first-order valence-corrected chi connectivity index (χ1v) is 12.9. The Balaban J connectivity index is 1.88. The van der Waals surface area contributed by atoms with E-state index in [1.54, 1.807) is 35.8 Å². The lowest BCUT2D eigenvalue weighted by Crippen LogP contribution is -2.25. The summed E-state index contributed by atoms with van der Waals surface area (Å²) in [5, 5.41) is 16.9. The van der Waals surface area contributed by atoms with E-state index in [4.69, 9.17) is 0 Å². The Labute approximate surface area is 198 Å². The van der Waals surface area contributed by atoms with Gasteiger partial charge in [-0.2, -0.15) is 0 Å². The summed E-state index contributed by atoms with van der Waals surface area (Å²) >= 11 is 3.20. The molecule has 1 aliphatic rings. The highest BCUT2D eigenvalue weighted by atomic mass is 32.2. The van der Waals surface area contributed by atoms with Crippen molar-refractivity contribution in [3.05, 3.63) is 54.1 Å². The van der Waals surface area contributed by atoms with Gasteiger partial charge in [-0.3, -0.25) is 4.79 Å². The van der Waals surface area contributed by atoms with Crippen molar-refractivity contribution in [1.82, 2.24) is 4.41 Å². The second-order valence-electron chi connectivity index (χ2n) is 7.13. The van der Waals surface area contributed by atoms with Crippen molar-refractivity contribution in [2.45, 2.75) is 33.6 Å². The van der Waals surface area contributed by atoms with Gasteiger partial charge in [0, 0.05) is 30.1 Å². The number of hydrogen-bond acceptors (Lipinski definition) is 8. The summed E-state index contributed by atoms with van der Waals surface area (Å²) in [6.07, 6.45) is 2.10. The first kappa shape index (κ1) is 24.1. The largest absolute Gasteiger partial charge is 0.371 e. The summed E-state index contributed by atoms with van der Waals surface area (Å²) in [7, 11) is 0. The molecule has 1 heterocycles. The number of anilines is 2. The zero-order valence-corrected chi connectivity index (χ0v) is 20.5. The molecule has 3 rings (SSSR count). The maximum atomic E-state index is 12.8. The van der Waals surface area contributed by atoms with Gasteiger partial charge < -0.3 is 10.2 Å². The van der Waals surface area contributed by atoms with Crippen LogP contribution in [-0.4, -0.2) is 40.2 Å². The second kappa shape index (κ2) is 12.5. The Kier molecular flexibility index (Phi) is 9.43.